The molecule has 1 atom stereocenters. The standard InChI is InChI=1S/C14H17N3O6/c1-22-12(18)7-11(13(19)23-2)17(14(15)20)10-5-3-9(4-6-10)8-16-21/h3-6,8,11,21H,7H2,1-2H3,(H2,15,20). The highest BCUT2D eigenvalue weighted by Crippen LogP contribution is 2.20. The molecule has 0 aliphatic rings. The molecule has 0 aromatic heterocycles. The van der Waals surface area contributed by atoms with Gasteiger partial charge in [0.05, 0.1) is 26.9 Å². The van der Waals surface area contributed by atoms with Crippen molar-refractivity contribution in [1.29, 1.82) is 0 Å². The second-order valence-corrected chi connectivity index (χ2v) is 4.36. The Kier molecular flexibility index (Phi) is 6.53. The Bertz CT molecular complexity index is 599. The summed E-state index contributed by atoms with van der Waals surface area (Å²) in [4.78, 5) is 36.1. The fourth-order valence-corrected chi connectivity index (χ4v) is 1.91. The number of primary amides is 1. The van der Waals surface area contributed by atoms with Gasteiger partial charge in [0.15, 0.2) is 0 Å². The lowest BCUT2D eigenvalue weighted by molar-refractivity contribution is -0.148. The van der Waals surface area contributed by atoms with E-state index in [1.165, 1.54) is 30.5 Å². The first-order valence-electron chi connectivity index (χ1n) is 6.45. The van der Waals surface area contributed by atoms with Crippen molar-refractivity contribution in [2.75, 3.05) is 19.1 Å². The van der Waals surface area contributed by atoms with Gasteiger partial charge in [0.2, 0.25) is 0 Å². The molecule has 1 unspecified atom stereocenters. The Labute approximate surface area is 132 Å². The first-order chi connectivity index (χ1) is 10.9. The van der Waals surface area contributed by atoms with E-state index >= 15 is 0 Å². The maximum absolute atomic E-state index is 11.9. The molecule has 2 amide bonds. The molecule has 0 saturated carbocycles. The predicted molar refractivity (Wildman–Crippen MR) is 80.3 cm³/mol. The largest absolute Gasteiger partial charge is 0.469 e. The molecule has 0 aliphatic heterocycles. The van der Waals surface area contributed by atoms with E-state index in [0.29, 0.717) is 5.56 Å². The number of anilines is 1. The van der Waals surface area contributed by atoms with Crippen molar-refractivity contribution in [3.63, 3.8) is 0 Å². The Balaban J connectivity index is 3.20. The van der Waals surface area contributed by atoms with Crippen LogP contribution >= 0.6 is 0 Å². The minimum Gasteiger partial charge on any atom is -0.469 e. The van der Waals surface area contributed by atoms with Crippen LogP contribution in [0.2, 0.25) is 0 Å². The van der Waals surface area contributed by atoms with Gasteiger partial charge in [-0.05, 0) is 17.7 Å². The number of urea groups is 1. The summed E-state index contributed by atoms with van der Waals surface area (Å²) in [5, 5.41) is 11.4. The molecule has 0 fully saturated rings. The van der Waals surface area contributed by atoms with Crippen LogP contribution in [0.1, 0.15) is 12.0 Å². The van der Waals surface area contributed by atoms with Crippen molar-refractivity contribution in [2.45, 2.75) is 12.5 Å². The van der Waals surface area contributed by atoms with Crippen LogP contribution in [0.15, 0.2) is 29.4 Å². The molecule has 0 bridgehead atoms. The fraction of sp³-hybridized carbons (Fsp3) is 0.286. The smallest absolute Gasteiger partial charge is 0.329 e. The molecule has 0 spiro atoms. The first-order valence-corrected chi connectivity index (χ1v) is 6.45. The van der Waals surface area contributed by atoms with Crippen molar-refractivity contribution in [1.82, 2.24) is 0 Å². The number of nitrogens with two attached hydrogens (primary N) is 1. The summed E-state index contributed by atoms with van der Waals surface area (Å²) in [5.41, 5.74) is 6.17. The Hall–Kier alpha value is -3.10. The topological polar surface area (TPSA) is 132 Å². The molecule has 3 N–H and O–H groups in total. The van der Waals surface area contributed by atoms with Gasteiger partial charge in [-0.1, -0.05) is 17.3 Å². The molecule has 1 rings (SSSR count). The van der Waals surface area contributed by atoms with E-state index < -0.39 is 30.4 Å². The van der Waals surface area contributed by atoms with Gasteiger partial charge in [0, 0.05) is 5.69 Å². The van der Waals surface area contributed by atoms with E-state index in [0.717, 1.165) is 19.1 Å². The van der Waals surface area contributed by atoms with Crippen LogP contribution in [0.4, 0.5) is 10.5 Å². The quantitative estimate of drug-likeness (QED) is 0.339. The average Bonchev–Trinajstić information content (AvgIpc) is 2.54. The highest BCUT2D eigenvalue weighted by Gasteiger charge is 2.33. The molecule has 0 aliphatic carbocycles. The average molecular weight is 323 g/mol. The number of ether oxygens (including phenoxy) is 2. The Morgan fingerprint density at radius 2 is 1.87 bits per heavy atom. The third-order valence-electron chi connectivity index (χ3n) is 2.99. The number of methoxy groups -OCH3 is 2. The zero-order valence-corrected chi connectivity index (χ0v) is 12.6. The highest BCUT2D eigenvalue weighted by atomic mass is 16.5. The zero-order chi connectivity index (χ0) is 17.4. The van der Waals surface area contributed by atoms with E-state index in [2.05, 4.69) is 14.6 Å². The van der Waals surface area contributed by atoms with Crippen molar-refractivity contribution in [3.8, 4) is 0 Å². The van der Waals surface area contributed by atoms with Crippen molar-refractivity contribution < 1.29 is 29.1 Å². The summed E-state index contributed by atoms with van der Waals surface area (Å²) >= 11 is 0. The number of nitrogens with zero attached hydrogens (tertiary/aromatic N) is 2. The third-order valence-corrected chi connectivity index (χ3v) is 2.99. The van der Waals surface area contributed by atoms with Gasteiger partial charge in [0.1, 0.15) is 6.04 Å². The minimum atomic E-state index is -1.26. The number of carbonyl (C=O) groups is 3. The van der Waals surface area contributed by atoms with Crippen LogP contribution in [0.5, 0.6) is 0 Å². The highest BCUT2D eigenvalue weighted by molar-refractivity contribution is 5.99. The van der Waals surface area contributed by atoms with E-state index in [-0.39, 0.29) is 5.69 Å². The first kappa shape index (κ1) is 18.0. The summed E-state index contributed by atoms with van der Waals surface area (Å²) < 4.78 is 9.14. The SMILES string of the molecule is COC(=O)CC(C(=O)OC)N(C(N)=O)c1ccc(C=NO)cc1. The number of hydrogen-bond donors (Lipinski definition) is 2. The van der Waals surface area contributed by atoms with E-state index in [1.54, 1.807) is 0 Å². The molecule has 23 heavy (non-hydrogen) atoms. The molecule has 124 valence electrons. The molecule has 9 nitrogen and oxygen atoms in total. The van der Waals surface area contributed by atoms with Crippen LogP contribution in [-0.4, -0.2) is 49.7 Å². The summed E-state index contributed by atoms with van der Waals surface area (Å²) in [5.74, 6) is -1.51. The van der Waals surface area contributed by atoms with Gasteiger partial charge in [-0.15, -0.1) is 0 Å². The molecule has 0 heterocycles. The summed E-state index contributed by atoms with van der Waals surface area (Å²) in [6.07, 6.45) is 0.774. The molecular weight excluding hydrogens is 306 g/mol. The number of oxime groups is 1. The van der Waals surface area contributed by atoms with Crippen molar-refractivity contribution in [3.05, 3.63) is 29.8 Å². The Morgan fingerprint density at radius 3 is 2.30 bits per heavy atom. The lowest BCUT2D eigenvalue weighted by Gasteiger charge is -2.27. The number of carbonyl (C=O) groups excluding carboxylic acids is 3. The second kappa shape index (κ2) is 8.37. The van der Waals surface area contributed by atoms with Gasteiger partial charge in [-0.25, -0.2) is 9.59 Å². The van der Waals surface area contributed by atoms with Crippen LogP contribution in [-0.2, 0) is 19.1 Å². The Morgan fingerprint density at radius 1 is 1.26 bits per heavy atom. The summed E-state index contributed by atoms with van der Waals surface area (Å²) in [7, 11) is 2.29. The van der Waals surface area contributed by atoms with Crippen molar-refractivity contribution in [2.24, 2.45) is 10.9 Å². The van der Waals surface area contributed by atoms with E-state index in [4.69, 9.17) is 10.9 Å². The fourth-order valence-electron chi connectivity index (χ4n) is 1.91. The third kappa shape index (κ3) is 4.70. The molecule has 9 heteroatoms. The molecule has 0 saturated heterocycles. The van der Waals surface area contributed by atoms with Gasteiger partial charge < -0.3 is 20.4 Å². The number of esters is 2. The number of amides is 2. The maximum Gasteiger partial charge on any atom is 0.329 e. The molecular formula is C14H17N3O6. The monoisotopic (exact) mass is 323 g/mol. The number of hydrogen-bond acceptors (Lipinski definition) is 7. The number of benzene rings is 1. The van der Waals surface area contributed by atoms with Crippen LogP contribution < -0.4 is 10.6 Å². The van der Waals surface area contributed by atoms with Gasteiger partial charge in [0.25, 0.3) is 0 Å². The molecule has 1 aromatic rings. The van der Waals surface area contributed by atoms with Crippen molar-refractivity contribution >= 4 is 29.9 Å². The van der Waals surface area contributed by atoms with Crippen LogP contribution in [0.3, 0.4) is 0 Å². The zero-order valence-electron chi connectivity index (χ0n) is 12.6. The molecule has 1 aromatic carbocycles. The second-order valence-electron chi connectivity index (χ2n) is 4.36. The molecule has 0 radical (unpaired) electrons. The maximum atomic E-state index is 11.9. The minimum absolute atomic E-state index is 0.270. The van der Waals surface area contributed by atoms with E-state index in [9.17, 15) is 14.4 Å². The van der Waals surface area contributed by atoms with Crippen LogP contribution in [0, 0.1) is 0 Å². The van der Waals surface area contributed by atoms with Gasteiger partial charge in [-0.3, -0.25) is 9.69 Å². The lowest BCUT2D eigenvalue weighted by atomic mass is 10.1. The lowest BCUT2D eigenvalue weighted by Crippen LogP contribution is -2.49. The normalized spacial score (nSPS) is 11.7. The number of rotatable bonds is 6. The predicted octanol–water partition coefficient (Wildman–Crippen LogP) is 0.484. The van der Waals surface area contributed by atoms with Crippen LogP contribution in [0.25, 0.3) is 0 Å². The summed E-state index contributed by atoms with van der Waals surface area (Å²) in [6, 6.07) is 3.84. The summed E-state index contributed by atoms with van der Waals surface area (Å²) in [6.45, 7) is 0. The van der Waals surface area contributed by atoms with Gasteiger partial charge in [-0.2, -0.15) is 0 Å². The van der Waals surface area contributed by atoms with Gasteiger partial charge >= 0.3 is 18.0 Å². The van der Waals surface area contributed by atoms with E-state index in [1.807, 2.05) is 0 Å².